The summed E-state index contributed by atoms with van der Waals surface area (Å²) >= 11 is 0. The minimum atomic E-state index is -3.45. The van der Waals surface area contributed by atoms with Crippen molar-refractivity contribution < 1.29 is 27.5 Å². The van der Waals surface area contributed by atoms with E-state index in [-0.39, 0.29) is 37.1 Å². The van der Waals surface area contributed by atoms with Crippen molar-refractivity contribution >= 4 is 27.5 Å². The van der Waals surface area contributed by atoms with E-state index in [1.165, 1.54) is 4.31 Å². The number of hydrogen-bond donors (Lipinski definition) is 0. The van der Waals surface area contributed by atoms with E-state index in [9.17, 15) is 18.0 Å². The van der Waals surface area contributed by atoms with Crippen molar-refractivity contribution in [3.63, 3.8) is 0 Å². The molecule has 1 unspecified atom stereocenters. The summed E-state index contributed by atoms with van der Waals surface area (Å²) in [5, 5.41) is 0. The molecule has 3 heterocycles. The van der Waals surface area contributed by atoms with E-state index in [4.69, 9.17) is 9.47 Å². The molecule has 9 nitrogen and oxygen atoms in total. The van der Waals surface area contributed by atoms with Crippen molar-refractivity contribution in [2.45, 2.75) is 12.2 Å². The Balaban J connectivity index is 1.19. The summed E-state index contributed by atoms with van der Waals surface area (Å²) in [4.78, 5) is 29.1. The first-order valence-corrected chi connectivity index (χ1v) is 13.0. The van der Waals surface area contributed by atoms with Crippen LogP contribution in [0.5, 0.6) is 11.5 Å². The number of ether oxygens (including phenoxy) is 2. The second kappa shape index (κ2) is 9.27. The van der Waals surface area contributed by atoms with Crippen molar-refractivity contribution in [3.05, 3.63) is 54.1 Å². The highest BCUT2D eigenvalue weighted by atomic mass is 32.2. The van der Waals surface area contributed by atoms with Gasteiger partial charge in [-0.2, -0.15) is 4.31 Å². The number of amides is 2. The van der Waals surface area contributed by atoms with Gasteiger partial charge in [-0.25, -0.2) is 8.42 Å². The lowest BCUT2D eigenvalue weighted by Gasteiger charge is -2.35. The number of piperazine rings is 1. The predicted octanol–water partition coefficient (Wildman–Crippen LogP) is 1.48. The van der Waals surface area contributed by atoms with Gasteiger partial charge >= 0.3 is 0 Å². The number of carbonyl (C=O) groups is 2. The molecule has 5 rings (SSSR count). The van der Waals surface area contributed by atoms with Gasteiger partial charge in [0.2, 0.25) is 21.8 Å². The number of sulfonamides is 1. The lowest BCUT2D eigenvalue weighted by molar-refractivity contribution is -0.136. The monoisotopic (exact) mass is 485 g/mol. The van der Waals surface area contributed by atoms with E-state index in [0.717, 1.165) is 5.56 Å². The van der Waals surface area contributed by atoms with Crippen molar-refractivity contribution in [1.29, 1.82) is 0 Å². The molecule has 180 valence electrons. The third kappa shape index (κ3) is 4.60. The standard InChI is InChI=1S/C24H27N3O6S/c28-23-14-19(16-27(23)20-6-7-21-22(15-20)33-13-12-32-21)24(29)25-8-10-26(11-9-25)34(30,31)17-18-4-2-1-3-5-18/h1-7,15,19H,8-14,16-17H2. The maximum Gasteiger partial charge on any atom is 0.228 e. The molecule has 0 spiro atoms. The fraction of sp³-hybridized carbons (Fsp3) is 0.417. The molecule has 10 heteroatoms. The van der Waals surface area contributed by atoms with Gasteiger partial charge in [0.25, 0.3) is 0 Å². The molecule has 0 saturated carbocycles. The zero-order valence-corrected chi connectivity index (χ0v) is 19.6. The molecular weight excluding hydrogens is 458 g/mol. The van der Waals surface area contributed by atoms with Gasteiger partial charge in [-0.3, -0.25) is 9.59 Å². The Morgan fingerprint density at radius 1 is 0.941 bits per heavy atom. The van der Waals surface area contributed by atoms with Crippen LogP contribution in [0, 0.1) is 5.92 Å². The van der Waals surface area contributed by atoms with E-state index in [1.54, 1.807) is 40.1 Å². The van der Waals surface area contributed by atoms with Crippen molar-refractivity contribution in [1.82, 2.24) is 9.21 Å². The molecule has 2 aromatic carbocycles. The van der Waals surface area contributed by atoms with Gasteiger partial charge in [0, 0.05) is 50.9 Å². The van der Waals surface area contributed by atoms with Crippen LogP contribution < -0.4 is 14.4 Å². The Hall–Kier alpha value is -3.11. The zero-order valence-electron chi connectivity index (χ0n) is 18.8. The van der Waals surface area contributed by atoms with Crippen LogP contribution in [0.4, 0.5) is 5.69 Å². The predicted molar refractivity (Wildman–Crippen MR) is 125 cm³/mol. The fourth-order valence-electron chi connectivity index (χ4n) is 4.64. The maximum atomic E-state index is 13.1. The highest BCUT2D eigenvalue weighted by molar-refractivity contribution is 7.88. The Bertz CT molecular complexity index is 1180. The third-order valence-corrected chi connectivity index (χ3v) is 8.30. The first-order valence-electron chi connectivity index (χ1n) is 11.4. The molecule has 2 amide bonds. The zero-order chi connectivity index (χ0) is 23.7. The Labute approximate surface area is 198 Å². The van der Waals surface area contributed by atoms with E-state index < -0.39 is 15.9 Å². The SMILES string of the molecule is O=C(C1CC(=O)N(c2ccc3c(c2)OCCO3)C1)N1CCN(S(=O)(=O)Cc2ccccc2)CC1. The lowest BCUT2D eigenvalue weighted by atomic mass is 10.1. The average Bonchev–Trinajstić information content (AvgIpc) is 3.25. The fourth-order valence-corrected chi connectivity index (χ4v) is 6.16. The normalized spacial score (nSPS) is 21.1. The molecule has 1 atom stereocenters. The van der Waals surface area contributed by atoms with Crippen LogP contribution >= 0.6 is 0 Å². The number of fused-ring (bicyclic) bond motifs is 1. The molecule has 0 aliphatic carbocycles. The summed E-state index contributed by atoms with van der Waals surface area (Å²) in [5.74, 6) is 0.526. The largest absolute Gasteiger partial charge is 0.486 e. The van der Waals surface area contributed by atoms with Crippen LogP contribution in [-0.4, -0.2) is 75.4 Å². The highest BCUT2D eigenvalue weighted by Crippen LogP contribution is 2.36. The molecule has 2 saturated heterocycles. The summed E-state index contributed by atoms with van der Waals surface area (Å²) in [5.41, 5.74) is 1.42. The molecule has 2 fully saturated rings. The summed E-state index contributed by atoms with van der Waals surface area (Å²) < 4.78 is 38.2. The van der Waals surface area contributed by atoms with Gasteiger partial charge in [0.05, 0.1) is 11.7 Å². The second-order valence-corrected chi connectivity index (χ2v) is 10.7. The highest BCUT2D eigenvalue weighted by Gasteiger charge is 2.39. The van der Waals surface area contributed by atoms with Crippen LogP contribution in [-0.2, 0) is 25.4 Å². The van der Waals surface area contributed by atoms with Gasteiger partial charge in [-0.1, -0.05) is 30.3 Å². The van der Waals surface area contributed by atoms with Crippen LogP contribution in [0.1, 0.15) is 12.0 Å². The minimum absolute atomic E-state index is 0.0522. The first-order chi connectivity index (χ1) is 16.4. The molecular formula is C24H27N3O6S. The number of hydrogen-bond acceptors (Lipinski definition) is 6. The number of anilines is 1. The number of nitrogens with zero attached hydrogens (tertiary/aromatic N) is 3. The average molecular weight is 486 g/mol. The maximum absolute atomic E-state index is 13.1. The Morgan fingerprint density at radius 2 is 1.65 bits per heavy atom. The van der Waals surface area contributed by atoms with E-state index in [1.807, 2.05) is 18.2 Å². The Kier molecular flexibility index (Phi) is 6.18. The van der Waals surface area contributed by atoms with Crippen LogP contribution in [0.15, 0.2) is 48.5 Å². The molecule has 2 aromatic rings. The number of carbonyl (C=O) groups excluding carboxylic acids is 2. The summed E-state index contributed by atoms with van der Waals surface area (Å²) in [6.07, 6.45) is 0.139. The smallest absolute Gasteiger partial charge is 0.228 e. The molecule has 0 radical (unpaired) electrons. The Morgan fingerprint density at radius 3 is 2.38 bits per heavy atom. The summed E-state index contributed by atoms with van der Waals surface area (Å²) in [6.45, 7) is 2.40. The third-order valence-electron chi connectivity index (χ3n) is 6.45. The van der Waals surface area contributed by atoms with Crippen molar-refractivity contribution in [3.8, 4) is 11.5 Å². The van der Waals surface area contributed by atoms with Gasteiger partial charge < -0.3 is 19.3 Å². The number of benzene rings is 2. The molecule has 3 aliphatic heterocycles. The first kappa shape index (κ1) is 22.7. The van der Waals surface area contributed by atoms with Crippen LogP contribution in [0.3, 0.4) is 0 Å². The van der Waals surface area contributed by atoms with E-state index in [2.05, 4.69) is 0 Å². The van der Waals surface area contributed by atoms with Gasteiger partial charge in [0.1, 0.15) is 13.2 Å². The molecule has 34 heavy (non-hydrogen) atoms. The molecule has 0 aromatic heterocycles. The quantitative estimate of drug-likeness (QED) is 0.637. The summed E-state index contributed by atoms with van der Waals surface area (Å²) in [6, 6.07) is 14.4. The van der Waals surface area contributed by atoms with Crippen molar-refractivity contribution in [2.75, 3.05) is 50.8 Å². The number of rotatable bonds is 5. The van der Waals surface area contributed by atoms with Crippen LogP contribution in [0.2, 0.25) is 0 Å². The topological polar surface area (TPSA) is 96.5 Å². The minimum Gasteiger partial charge on any atom is -0.486 e. The van der Waals surface area contributed by atoms with Crippen LogP contribution in [0.25, 0.3) is 0 Å². The molecule has 0 N–H and O–H groups in total. The molecule has 0 bridgehead atoms. The van der Waals surface area contributed by atoms with E-state index >= 15 is 0 Å². The molecule has 3 aliphatic rings. The van der Waals surface area contributed by atoms with E-state index in [0.29, 0.717) is 50.0 Å². The lowest BCUT2D eigenvalue weighted by Crippen LogP contribution is -2.52. The van der Waals surface area contributed by atoms with Crippen molar-refractivity contribution in [2.24, 2.45) is 5.92 Å². The van der Waals surface area contributed by atoms with Gasteiger partial charge in [-0.15, -0.1) is 0 Å². The van der Waals surface area contributed by atoms with Gasteiger partial charge in [0.15, 0.2) is 11.5 Å². The summed E-state index contributed by atoms with van der Waals surface area (Å²) in [7, 11) is -3.45. The second-order valence-electron chi connectivity index (χ2n) is 8.70. The van der Waals surface area contributed by atoms with Gasteiger partial charge in [-0.05, 0) is 17.7 Å².